The summed E-state index contributed by atoms with van der Waals surface area (Å²) in [5.74, 6) is 7.01. The number of hydrogen-bond acceptors (Lipinski definition) is 2. The van der Waals surface area contributed by atoms with Crippen molar-refractivity contribution in [2.75, 3.05) is 13.2 Å². The van der Waals surface area contributed by atoms with E-state index >= 15 is 0 Å². The van der Waals surface area contributed by atoms with Crippen LogP contribution in [0.4, 0.5) is 0 Å². The lowest BCUT2D eigenvalue weighted by Crippen LogP contribution is -2.55. The van der Waals surface area contributed by atoms with E-state index in [0.29, 0.717) is 6.04 Å². The predicted molar refractivity (Wildman–Crippen MR) is 86.8 cm³/mol. The molecule has 1 fully saturated rings. The van der Waals surface area contributed by atoms with Crippen LogP contribution in [0.1, 0.15) is 72.6 Å². The molecule has 116 valence electrons. The Morgan fingerprint density at radius 2 is 2.20 bits per heavy atom. The maximum Gasteiger partial charge on any atom is 0.0837 e. The lowest BCUT2D eigenvalue weighted by atomic mass is 9.73. The molecular formula is C18H33NO. The second-order valence-corrected chi connectivity index (χ2v) is 6.17. The summed E-state index contributed by atoms with van der Waals surface area (Å²) < 4.78 is 6.32. The molecule has 1 rings (SSSR count). The van der Waals surface area contributed by atoms with Gasteiger partial charge >= 0.3 is 0 Å². The van der Waals surface area contributed by atoms with Gasteiger partial charge in [-0.2, -0.15) is 0 Å². The van der Waals surface area contributed by atoms with Crippen molar-refractivity contribution in [2.45, 2.75) is 84.3 Å². The van der Waals surface area contributed by atoms with Crippen LogP contribution < -0.4 is 5.32 Å². The Balaban J connectivity index is 2.79. The normalized spacial score (nSPS) is 27.7. The summed E-state index contributed by atoms with van der Waals surface area (Å²) >= 11 is 0. The summed E-state index contributed by atoms with van der Waals surface area (Å²) in [6, 6.07) is 0.450. The SMILES string of the molecule is CC#CCCC(NCCC)C1(OCC)CCCC(C)C1. The van der Waals surface area contributed by atoms with Crippen LogP contribution >= 0.6 is 0 Å². The molecule has 20 heavy (non-hydrogen) atoms. The van der Waals surface area contributed by atoms with E-state index < -0.39 is 0 Å². The van der Waals surface area contributed by atoms with E-state index in [2.05, 4.69) is 37.9 Å². The molecule has 3 unspecified atom stereocenters. The van der Waals surface area contributed by atoms with Gasteiger partial charge in [0, 0.05) is 19.1 Å². The van der Waals surface area contributed by atoms with Crippen molar-refractivity contribution in [3.05, 3.63) is 0 Å². The summed E-state index contributed by atoms with van der Waals surface area (Å²) in [5.41, 5.74) is 0.0387. The fraction of sp³-hybridized carbons (Fsp3) is 0.889. The van der Waals surface area contributed by atoms with E-state index in [1.54, 1.807) is 0 Å². The van der Waals surface area contributed by atoms with Crippen LogP contribution in [0.3, 0.4) is 0 Å². The predicted octanol–water partition coefficient (Wildman–Crippen LogP) is 4.14. The number of nitrogens with one attached hydrogen (secondary N) is 1. The maximum absolute atomic E-state index is 6.32. The highest BCUT2D eigenvalue weighted by Gasteiger charge is 2.41. The van der Waals surface area contributed by atoms with Crippen molar-refractivity contribution in [3.8, 4) is 11.8 Å². The summed E-state index contributed by atoms with van der Waals surface area (Å²) in [4.78, 5) is 0. The molecule has 3 atom stereocenters. The van der Waals surface area contributed by atoms with Crippen molar-refractivity contribution in [1.29, 1.82) is 0 Å². The Hall–Kier alpha value is -0.520. The molecule has 1 aliphatic rings. The fourth-order valence-electron chi connectivity index (χ4n) is 3.59. The first-order valence-electron chi connectivity index (χ1n) is 8.45. The van der Waals surface area contributed by atoms with Gasteiger partial charge in [0.1, 0.15) is 0 Å². The van der Waals surface area contributed by atoms with Gasteiger partial charge in [-0.25, -0.2) is 0 Å². The Kier molecular flexibility index (Phi) is 8.26. The van der Waals surface area contributed by atoms with Gasteiger partial charge < -0.3 is 10.1 Å². The Labute approximate surface area is 126 Å². The summed E-state index contributed by atoms with van der Waals surface area (Å²) in [7, 11) is 0. The third kappa shape index (κ3) is 5.11. The molecule has 1 saturated carbocycles. The Morgan fingerprint density at radius 3 is 2.80 bits per heavy atom. The van der Waals surface area contributed by atoms with E-state index in [9.17, 15) is 0 Å². The second-order valence-electron chi connectivity index (χ2n) is 6.17. The molecule has 0 aromatic heterocycles. The van der Waals surface area contributed by atoms with Crippen LogP contribution in [-0.4, -0.2) is 24.8 Å². The lowest BCUT2D eigenvalue weighted by molar-refractivity contribution is -0.101. The van der Waals surface area contributed by atoms with Gasteiger partial charge in [0.05, 0.1) is 5.60 Å². The summed E-state index contributed by atoms with van der Waals surface area (Å²) in [5, 5.41) is 3.75. The zero-order chi connectivity index (χ0) is 14.8. The van der Waals surface area contributed by atoms with Crippen molar-refractivity contribution >= 4 is 0 Å². The van der Waals surface area contributed by atoms with Gasteiger partial charge in [-0.05, 0) is 52.0 Å². The van der Waals surface area contributed by atoms with Crippen molar-refractivity contribution in [2.24, 2.45) is 5.92 Å². The van der Waals surface area contributed by atoms with Crippen LogP contribution in [0.15, 0.2) is 0 Å². The molecule has 0 spiro atoms. The topological polar surface area (TPSA) is 21.3 Å². The van der Waals surface area contributed by atoms with Gasteiger partial charge in [-0.3, -0.25) is 0 Å². The second kappa shape index (κ2) is 9.42. The van der Waals surface area contributed by atoms with Gasteiger partial charge in [-0.15, -0.1) is 11.8 Å². The molecule has 0 heterocycles. The van der Waals surface area contributed by atoms with E-state index in [0.717, 1.165) is 31.9 Å². The van der Waals surface area contributed by atoms with Crippen molar-refractivity contribution in [3.63, 3.8) is 0 Å². The average Bonchev–Trinajstić information content (AvgIpc) is 2.43. The summed E-state index contributed by atoms with van der Waals surface area (Å²) in [6.07, 6.45) is 8.30. The largest absolute Gasteiger partial charge is 0.374 e. The molecule has 0 aromatic carbocycles. The van der Waals surface area contributed by atoms with Crippen molar-refractivity contribution < 1.29 is 4.74 Å². The molecular weight excluding hydrogens is 246 g/mol. The standard InChI is InChI=1S/C18H33NO/c1-5-8-9-12-17(19-14-6-2)18(20-7-3)13-10-11-16(4)15-18/h16-17,19H,6-7,9-15H2,1-4H3. The van der Waals surface area contributed by atoms with E-state index in [-0.39, 0.29) is 5.60 Å². The van der Waals surface area contributed by atoms with Crippen LogP contribution in [0.2, 0.25) is 0 Å². The first-order chi connectivity index (χ1) is 9.68. The highest BCUT2D eigenvalue weighted by atomic mass is 16.5. The number of ether oxygens (including phenoxy) is 1. The van der Waals surface area contributed by atoms with E-state index in [4.69, 9.17) is 4.74 Å². The smallest absolute Gasteiger partial charge is 0.0837 e. The van der Waals surface area contributed by atoms with Gasteiger partial charge in [0.2, 0.25) is 0 Å². The first kappa shape index (κ1) is 17.5. The third-order valence-electron chi connectivity index (χ3n) is 4.43. The van der Waals surface area contributed by atoms with Gasteiger partial charge in [-0.1, -0.05) is 26.7 Å². The van der Waals surface area contributed by atoms with Crippen molar-refractivity contribution in [1.82, 2.24) is 5.32 Å². The Bertz CT molecular complexity index is 313. The van der Waals surface area contributed by atoms with Gasteiger partial charge in [0.25, 0.3) is 0 Å². The van der Waals surface area contributed by atoms with E-state index in [1.807, 2.05) is 6.92 Å². The average molecular weight is 279 g/mol. The number of rotatable bonds is 8. The van der Waals surface area contributed by atoms with Crippen LogP contribution in [0.25, 0.3) is 0 Å². The van der Waals surface area contributed by atoms with E-state index in [1.165, 1.54) is 32.1 Å². The highest BCUT2D eigenvalue weighted by molar-refractivity contribution is 5.01. The Morgan fingerprint density at radius 1 is 1.40 bits per heavy atom. The molecule has 2 heteroatoms. The molecule has 0 amide bonds. The summed E-state index contributed by atoms with van der Waals surface area (Å²) in [6.45, 7) is 10.5. The van der Waals surface area contributed by atoms with Crippen LogP contribution in [-0.2, 0) is 4.74 Å². The minimum Gasteiger partial charge on any atom is -0.374 e. The molecule has 1 aliphatic carbocycles. The quantitative estimate of drug-likeness (QED) is 0.674. The minimum atomic E-state index is 0.0387. The number of hydrogen-bond donors (Lipinski definition) is 1. The molecule has 0 aromatic rings. The molecule has 0 radical (unpaired) electrons. The molecule has 0 aliphatic heterocycles. The lowest BCUT2D eigenvalue weighted by Gasteiger charge is -2.45. The maximum atomic E-state index is 6.32. The highest BCUT2D eigenvalue weighted by Crippen LogP contribution is 2.39. The molecule has 2 nitrogen and oxygen atoms in total. The zero-order valence-corrected chi connectivity index (χ0v) is 13.9. The van der Waals surface area contributed by atoms with Crippen LogP contribution in [0.5, 0.6) is 0 Å². The minimum absolute atomic E-state index is 0.0387. The molecule has 0 bridgehead atoms. The van der Waals surface area contributed by atoms with Gasteiger partial charge in [0.15, 0.2) is 0 Å². The zero-order valence-electron chi connectivity index (χ0n) is 13.9. The molecule has 0 saturated heterocycles. The monoisotopic (exact) mass is 279 g/mol. The molecule has 1 N–H and O–H groups in total. The fourth-order valence-corrected chi connectivity index (χ4v) is 3.59. The third-order valence-corrected chi connectivity index (χ3v) is 4.43. The van der Waals surface area contributed by atoms with Crippen LogP contribution in [0, 0.1) is 17.8 Å². The first-order valence-corrected chi connectivity index (χ1v) is 8.45.